The van der Waals surface area contributed by atoms with Crippen LogP contribution in [0.4, 0.5) is 0 Å². The molecule has 0 aromatic rings. The van der Waals surface area contributed by atoms with Gasteiger partial charge in [0.15, 0.2) is 6.29 Å². The molecule has 0 aromatic carbocycles. The van der Waals surface area contributed by atoms with Gasteiger partial charge < -0.3 is 14.6 Å². The van der Waals surface area contributed by atoms with E-state index in [0.717, 1.165) is 6.42 Å². The molecule has 0 radical (unpaired) electrons. The fourth-order valence-corrected chi connectivity index (χ4v) is 3.20. The van der Waals surface area contributed by atoms with Crippen LogP contribution in [0.5, 0.6) is 0 Å². The summed E-state index contributed by atoms with van der Waals surface area (Å²) in [6, 6.07) is 0. The molecule has 1 N–H and O–H groups in total. The molecule has 26 heavy (non-hydrogen) atoms. The summed E-state index contributed by atoms with van der Waals surface area (Å²) in [6.45, 7) is 6.99. The third-order valence-electron chi connectivity index (χ3n) is 4.85. The Bertz CT molecular complexity index is 268. The minimum absolute atomic E-state index is 0.0206. The molecular formula is C23H46O3. The van der Waals surface area contributed by atoms with Gasteiger partial charge in [0.2, 0.25) is 0 Å². The Morgan fingerprint density at radius 2 is 1.04 bits per heavy atom. The van der Waals surface area contributed by atoms with Crippen molar-refractivity contribution in [2.75, 3.05) is 19.8 Å². The maximum Gasteiger partial charge on any atom is 0.176 e. The largest absolute Gasteiger partial charge is 0.394 e. The Hall–Kier alpha value is -0.380. The molecule has 0 aliphatic rings. The molecule has 0 aliphatic carbocycles. The van der Waals surface area contributed by atoms with Crippen molar-refractivity contribution in [1.29, 1.82) is 0 Å². The zero-order chi connectivity index (χ0) is 19.1. The van der Waals surface area contributed by atoms with Crippen LogP contribution in [0.1, 0.15) is 110 Å². The van der Waals surface area contributed by atoms with Gasteiger partial charge in [0.05, 0.1) is 19.8 Å². The number of hydrogen-bond donors (Lipinski definition) is 1. The van der Waals surface area contributed by atoms with Crippen LogP contribution in [-0.2, 0) is 9.47 Å². The second-order valence-corrected chi connectivity index (χ2v) is 7.37. The Labute approximate surface area is 163 Å². The van der Waals surface area contributed by atoms with Crippen molar-refractivity contribution in [1.82, 2.24) is 0 Å². The van der Waals surface area contributed by atoms with E-state index in [1.807, 2.05) is 0 Å². The van der Waals surface area contributed by atoms with Crippen LogP contribution in [-0.4, -0.2) is 31.2 Å². The monoisotopic (exact) mass is 370 g/mol. The molecule has 156 valence electrons. The normalized spacial score (nSPS) is 12.4. The van der Waals surface area contributed by atoms with Crippen molar-refractivity contribution in [2.24, 2.45) is 0 Å². The van der Waals surface area contributed by atoms with E-state index in [1.165, 1.54) is 96.3 Å². The van der Waals surface area contributed by atoms with Gasteiger partial charge in [-0.25, -0.2) is 0 Å². The van der Waals surface area contributed by atoms with Crippen molar-refractivity contribution < 1.29 is 14.6 Å². The molecule has 0 amide bonds. The summed E-state index contributed by atoms with van der Waals surface area (Å²) in [5.74, 6) is 0. The van der Waals surface area contributed by atoms with E-state index in [9.17, 15) is 0 Å². The smallest absolute Gasteiger partial charge is 0.176 e. The molecule has 0 saturated heterocycles. The molecule has 0 bridgehead atoms. The lowest BCUT2D eigenvalue weighted by Gasteiger charge is -2.13. The van der Waals surface area contributed by atoms with E-state index in [2.05, 4.69) is 13.5 Å². The summed E-state index contributed by atoms with van der Waals surface area (Å²) in [7, 11) is 0. The minimum Gasteiger partial charge on any atom is -0.394 e. The highest BCUT2D eigenvalue weighted by Crippen LogP contribution is 2.13. The fourth-order valence-electron chi connectivity index (χ4n) is 3.20. The van der Waals surface area contributed by atoms with Crippen LogP contribution in [0, 0.1) is 0 Å². The Balaban J connectivity index is 3.12. The SMILES string of the molecule is C=CC(OCCO)OCCCCCCCCCCCCCCCCCC. The minimum atomic E-state index is -0.376. The van der Waals surface area contributed by atoms with Crippen LogP contribution in [0.3, 0.4) is 0 Å². The summed E-state index contributed by atoms with van der Waals surface area (Å²) in [4.78, 5) is 0. The van der Waals surface area contributed by atoms with Crippen LogP contribution in [0.15, 0.2) is 12.7 Å². The summed E-state index contributed by atoms with van der Waals surface area (Å²) in [5, 5.41) is 8.72. The molecular weight excluding hydrogens is 324 g/mol. The number of aliphatic hydroxyl groups is 1. The van der Waals surface area contributed by atoms with Gasteiger partial charge in [-0.2, -0.15) is 0 Å². The zero-order valence-electron chi connectivity index (χ0n) is 17.6. The van der Waals surface area contributed by atoms with Crippen molar-refractivity contribution in [3.63, 3.8) is 0 Å². The number of ether oxygens (including phenoxy) is 2. The van der Waals surface area contributed by atoms with Crippen molar-refractivity contribution in [3.05, 3.63) is 12.7 Å². The number of aliphatic hydroxyl groups excluding tert-OH is 1. The number of unbranched alkanes of at least 4 members (excludes halogenated alkanes) is 15. The first kappa shape index (κ1) is 25.6. The van der Waals surface area contributed by atoms with E-state index >= 15 is 0 Å². The predicted octanol–water partition coefficient (Wildman–Crippen LogP) is 6.79. The standard InChI is InChI=1S/C23H46O3/c1-3-5-6-7-8-9-10-11-12-13-14-15-16-17-18-19-21-25-23(4-2)26-22-20-24/h4,23-24H,2-3,5-22H2,1H3. The van der Waals surface area contributed by atoms with Crippen molar-refractivity contribution >= 4 is 0 Å². The highest BCUT2D eigenvalue weighted by Gasteiger charge is 2.03. The molecule has 0 spiro atoms. The summed E-state index contributed by atoms with van der Waals surface area (Å²) < 4.78 is 10.8. The topological polar surface area (TPSA) is 38.7 Å². The fraction of sp³-hybridized carbons (Fsp3) is 0.913. The van der Waals surface area contributed by atoms with Gasteiger partial charge in [0, 0.05) is 0 Å². The highest BCUT2D eigenvalue weighted by molar-refractivity contribution is 4.71. The predicted molar refractivity (Wildman–Crippen MR) is 113 cm³/mol. The zero-order valence-corrected chi connectivity index (χ0v) is 17.6. The highest BCUT2D eigenvalue weighted by atomic mass is 16.7. The van der Waals surface area contributed by atoms with E-state index < -0.39 is 0 Å². The molecule has 3 nitrogen and oxygen atoms in total. The van der Waals surface area contributed by atoms with E-state index in [1.54, 1.807) is 6.08 Å². The lowest BCUT2D eigenvalue weighted by Crippen LogP contribution is -2.17. The summed E-state index contributed by atoms with van der Waals surface area (Å²) in [6.07, 6.45) is 23.3. The number of rotatable bonds is 22. The van der Waals surface area contributed by atoms with Gasteiger partial charge in [-0.15, -0.1) is 0 Å². The first-order valence-electron chi connectivity index (χ1n) is 11.3. The first-order valence-corrected chi connectivity index (χ1v) is 11.3. The molecule has 0 aromatic heterocycles. The second-order valence-electron chi connectivity index (χ2n) is 7.37. The van der Waals surface area contributed by atoms with Crippen molar-refractivity contribution in [3.8, 4) is 0 Å². The lowest BCUT2D eigenvalue weighted by atomic mass is 10.0. The van der Waals surface area contributed by atoms with Crippen molar-refractivity contribution in [2.45, 2.75) is 116 Å². The molecule has 0 fully saturated rings. The maximum atomic E-state index is 8.72. The lowest BCUT2D eigenvalue weighted by molar-refractivity contribution is -0.118. The van der Waals surface area contributed by atoms with E-state index in [0.29, 0.717) is 13.2 Å². The van der Waals surface area contributed by atoms with Gasteiger partial charge in [-0.3, -0.25) is 0 Å². The van der Waals surface area contributed by atoms with Gasteiger partial charge in [0.25, 0.3) is 0 Å². The average molecular weight is 371 g/mol. The Morgan fingerprint density at radius 3 is 1.42 bits per heavy atom. The molecule has 1 atom stereocenters. The quantitative estimate of drug-likeness (QED) is 0.130. The molecule has 0 rings (SSSR count). The molecule has 0 saturated carbocycles. The first-order chi connectivity index (χ1) is 12.8. The van der Waals surface area contributed by atoms with Crippen LogP contribution in [0.25, 0.3) is 0 Å². The van der Waals surface area contributed by atoms with Crippen LogP contribution >= 0.6 is 0 Å². The van der Waals surface area contributed by atoms with Gasteiger partial charge in [-0.05, 0) is 12.5 Å². The van der Waals surface area contributed by atoms with E-state index in [-0.39, 0.29) is 12.9 Å². The van der Waals surface area contributed by atoms with E-state index in [4.69, 9.17) is 14.6 Å². The van der Waals surface area contributed by atoms with Crippen LogP contribution in [0.2, 0.25) is 0 Å². The third-order valence-corrected chi connectivity index (χ3v) is 4.85. The van der Waals surface area contributed by atoms with Gasteiger partial charge >= 0.3 is 0 Å². The molecule has 0 aliphatic heterocycles. The Kier molecular flexibility index (Phi) is 22.3. The molecule has 0 heterocycles. The Morgan fingerprint density at radius 1 is 0.654 bits per heavy atom. The van der Waals surface area contributed by atoms with Crippen LogP contribution < -0.4 is 0 Å². The maximum absolute atomic E-state index is 8.72. The third kappa shape index (κ3) is 19.9. The molecule has 3 heteroatoms. The molecule has 1 unspecified atom stereocenters. The van der Waals surface area contributed by atoms with Gasteiger partial charge in [-0.1, -0.05) is 110 Å². The van der Waals surface area contributed by atoms with Gasteiger partial charge in [0.1, 0.15) is 0 Å². The average Bonchev–Trinajstić information content (AvgIpc) is 2.66. The second kappa shape index (κ2) is 22.7. The number of hydrogen-bond acceptors (Lipinski definition) is 3. The summed E-state index contributed by atoms with van der Waals surface area (Å²) in [5.41, 5.74) is 0. The summed E-state index contributed by atoms with van der Waals surface area (Å²) >= 11 is 0.